The highest BCUT2D eigenvalue weighted by Gasteiger charge is 2.19. The molecule has 2 aromatic carbocycles. The van der Waals surface area contributed by atoms with Gasteiger partial charge in [0.1, 0.15) is 12.3 Å². The van der Waals surface area contributed by atoms with Crippen molar-refractivity contribution in [2.24, 2.45) is 0 Å². The van der Waals surface area contributed by atoms with E-state index < -0.39 is 18.0 Å². The van der Waals surface area contributed by atoms with E-state index in [0.29, 0.717) is 17.9 Å². The van der Waals surface area contributed by atoms with Crippen LogP contribution in [0.1, 0.15) is 42.1 Å². The molecule has 0 aliphatic rings. The first-order chi connectivity index (χ1) is 14.4. The van der Waals surface area contributed by atoms with E-state index in [1.165, 1.54) is 14.0 Å². The third-order valence-corrected chi connectivity index (χ3v) is 4.71. The van der Waals surface area contributed by atoms with Crippen LogP contribution in [0.2, 0.25) is 0 Å². The number of rotatable bonds is 10. The van der Waals surface area contributed by atoms with Gasteiger partial charge in [0.25, 0.3) is 11.8 Å². The number of methoxy groups -OCH3 is 1. The average Bonchev–Trinajstić information content (AvgIpc) is 2.78. The average molecular weight is 412 g/mol. The SMILES string of the molecule is CC[C@H](CNC(=O)[C@H](C)OC(=O)CNC(=O)c1ccc(OC)cc1)c1ccccc1. The van der Waals surface area contributed by atoms with Crippen LogP contribution in [0.15, 0.2) is 54.6 Å². The number of ether oxygens (including phenoxy) is 2. The second kappa shape index (κ2) is 11.6. The van der Waals surface area contributed by atoms with Crippen LogP contribution in [0, 0.1) is 0 Å². The molecule has 2 aromatic rings. The summed E-state index contributed by atoms with van der Waals surface area (Å²) in [5.41, 5.74) is 1.53. The zero-order chi connectivity index (χ0) is 21.9. The van der Waals surface area contributed by atoms with E-state index in [-0.39, 0.29) is 18.4 Å². The van der Waals surface area contributed by atoms with Gasteiger partial charge in [0, 0.05) is 18.0 Å². The van der Waals surface area contributed by atoms with Crippen LogP contribution < -0.4 is 15.4 Å². The molecule has 2 rings (SSSR count). The molecule has 0 saturated heterocycles. The Morgan fingerprint density at radius 3 is 2.23 bits per heavy atom. The van der Waals surface area contributed by atoms with Gasteiger partial charge in [-0.3, -0.25) is 14.4 Å². The fraction of sp³-hybridized carbons (Fsp3) is 0.348. The molecule has 2 amide bonds. The molecule has 0 spiro atoms. The summed E-state index contributed by atoms with van der Waals surface area (Å²) < 4.78 is 10.2. The highest BCUT2D eigenvalue weighted by molar-refractivity contribution is 5.96. The van der Waals surface area contributed by atoms with E-state index >= 15 is 0 Å². The van der Waals surface area contributed by atoms with Crippen molar-refractivity contribution < 1.29 is 23.9 Å². The molecule has 7 nitrogen and oxygen atoms in total. The van der Waals surface area contributed by atoms with E-state index in [9.17, 15) is 14.4 Å². The fourth-order valence-corrected chi connectivity index (χ4v) is 2.88. The molecule has 0 saturated carbocycles. The number of esters is 1. The predicted octanol–water partition coefficient (Wildman–Crippen LogP) is 2.67. The number of hydrogen-bond donors (Lipinski definition) is 2. The lowest BCUT2D eigenvalue weighted by molar-refractivity contribution is -0.153. The third-order valence-electron chi connectivity index (χ3n) is 4.71. The summed E-state index contributed by atoms with van der Waals surface area (Å²) in [7, 11) is 1.53. The molecular weight excluding hydrogens is 384 g/mol. The Balaban J connectivity index is 1.75. The summed E-state index contributed by atoms with van der Waals surface area (Å²) in [6, 6.07) is 16.4. The number of carbonyl (C=O) groups is 3. The van der Waals surface area contributed by atoms with Gasteiger partial charge in [-0.15, -0.1) is 0 Å². The van der Waals surface area contributed by atoms with Crippen molar-refractivity contribution in [3.05, 3.63) is 65.7 Å². The third kappa shape index (κ3) is 6.92. The minimum atomic E-state index is -0.955. The van der Waals surface area contributed by atoms with Gasteiger partial charge >= 0.3 is 5.97 Å². The molecule has 7 heteroatoms. The van der Waals surface area contributed by atoms with E-state index in [1.807, 2.05) is 30.3 Å². The van der Waals surface area contributed by atoms with E-state index in [0.717, 1.165) is 12.0 Å². The molecule has 2 N–H and O–H groups in total. The van der Waals surface area contributed by atoms with Crippen LogP contribution in [-0.4, -0.2) is 44.1 Å². The van der Waals surface area contributed by atoms with Crippen LogP contribution in [0.25, 0.3) is 0 Å². The monoisotopic (exact) mass is 412 g/mol. The second-order valence-electron chi connectivity index (χ2n) is 6.80. The molecule has 0 bridgehead atoms. The summed E-state index contributed by atoms with van der Waals surface area (Å²) in [5.74, 6) is -0.667. The molecule has 0 heterocycles. The summed E-state index contributed by atoms with van der Waals surface area (Å²) >= 11 is 0. The first-order valence-electron chi connectivity index (χ1n) is 9.89. The second-order valence-corrected chi connectivity index (χ2v) is 6.80. The van der Waals surface area contributed by atoms with Crippen molar-refractivity contribution in [3.8, 4) is 5.75 Å². The van der Waals surface area contributed by atoms with Gasteiger partial charge in [-0.2, -0.15) is 0 Å². The van der Waals surface area contributed by atoms with Crippen LogP contribution in [0.4, 0.5) is 0 Å². The van der Waals surface area contributed by atoms with Gasteiger partial charge in [-0.05, 0) is 43.2 Å². The topological polar surface area (TPSA) is 93.7 Å². The minimum Gasteiger partial charge on any atom is -0.497 e. The molecular formula is C23H28N2O5. The highest BCUT2D eigenvalue weighted by atomic mass is 16.5. The Labute approximate surface area is 176 Å². The maximum atomic E-state index is 12.3. The first kappa shape index (κ1) is 22.9. The molecule has 0 radical (unpaired) electrons. The summed E-state index contributed by atoms with van der Waals surface area (Å²) in [6.07, 6.45) is -0.0841. The van der Waals surface area contributed by atoms with Crippen molar-refractivity contribution in [1.82, 2.24) is 10.6 Å². The lowest BCUT2D eigenvalue weighted by Gasteiger charge is -2.18. The van der Waals surface area contributed by atoms with Crippen molar-refractivity contribution in [3.63, 3.8) is 0 Å². The zero-order valence-corrected chi connectivity index (χ0v) is 17.5. The molecule has 0 fully saturated rings. The van der Waals surface area contributed by atoms with Crippen LogP contribution >= 0.6 is 0 Å². The Morgan fingerprint density at radius 1 is 0.967 bits per heavy atom. The quantitative estimate of drug-likeness (QED) is 0.585. The van der Waals surface area contributed by atoms with Gasteiger partial charge < -0.3 is 20.1 Å². The lowest BCUT2D eigenvalue weighted by atomic mass is 9.96. The molecule has 0 aliphatic heterocycles. The lowest BCUT2D eigenvalue weighted by Crippen LogP contribution is -2.40. The molecule has 0 aromatic heterocycles. The number of nitrogens with one attached hydrogen (secondary N) is 2. The standard InChI is InChI=1S/C23H28N2O5/c1-4-17(18-8-6-5-7-9-18)14-24-22(27)16(2)30-21(26)15-25-23(28)19-10-12-20(29-3)13-11-19/h5-13,16-17H,4,14-15H2,1-3H3,(H,24,27)(H,25,28)/t16-,17+/m0/s1. The van der Waals surface area contributed by atoms with Crippen molar-refractivity contribution >= 4 is 17.8 Å². The normalized spacial score (nSPS) is 12.4. The van der Waals surface area contributed by atoms with Gasteiger partial charge in [-0.25, -0.2) is 0 Å². The maximum absolute atomic E-state index is 12.3. The Bertz CT molecular complexity index is 836. The number of amides is 2. The summed E-state index contributed by atoms with van der Waals surface area (Å²) in [4.78, 5) is 36.3. The molecule has 160 valence electrons. The van der Waals surface area contributed by atoms with E-state index in [1.54, 1.807) is 24.3 Å². The van der Waals surface area contributed by atoms with E-state index in [4.69, 9.17) is 9.47 Å². The number of hydrogen-bond acceptors (Lipinski definition) is 5. The Morgan fingerprint density at radius 2 is 1.63 bits per heavy atom. The molecule has 0 unspecified atom stereocenters. The van der Waals surface area contributed by atoms with Crippen molar-refractivity contribution in [1.29, 1.82) is 0 Å². The van der Waals surface area contributed by atoms with Crippen LogP contribution in [0.5, 0.6) is 5.75 Å². The molecule has 2 atom stereocenters. The summed E-state index contributed by atoms with van der Waals surface area (Å²) in [6.45, 7) is 3.68. The zero-order valence-electron chi connectivity index (χ0n) is 17.5. The van der Waals surface area contributed by atoms with Gasteiger partial charge in [0.05, 0.1) is 7.11 Å². The van der Waals surface area contributed by atoms with Gasteiger partial charge in [0.15, 0.2) is 6.10 Å². The van der Waals surface area contributed by atoms with Crippen LogP contribution in [0.3, 0.4) is 0 Å². The largest absolute Gasteiger partial charge is 0.497 e. The van der Waals surface area contributed by atoms with Crippen molar-refractivity contribution in [2.75, 3.05) is 20.2 Å². The number of carbonyl (C=O) groups excluding carboxylic acids is 3. The summed E-state index contributed by atoms with van der Waals surface area (Å²) in [5, 5.41) is 5.30. The van der Waals surface area contributed by atoms with Crippen LogP contribution in [-0.2, 0) is 14.3 Å². The maximum Gasteiger partial charge on any atom is 0.326 e. The minimum absolute atomic E-state index is 0.182. The Hall–Kier alpha value is -3.35. The fourth-order valence-electron chi connectivity index (χ4n) is 2.88. The van der Waals surface area contributed by atoms with E-state index in [2.05, 4.69) is 17.6 Å². The van der Waals surface area contributed by atoms with Crippen molar-refractivity contribution in [2.45, 2.75) is 32.3 Å². The first-order valence-corrected chi connectivity index (χ1v) is 9.89. The predicted molar refractivity (Wildman–Crippen MR) is 113 cm³/mol. The van der Waals surface area contributed by atoms with Gasteiger partial charge in [-0.1, -0.05) is 37.3 Å². The highest BCUT2D eigenvalue weighted by Crippen LogP contribution is 2.18. The smallest absolute Gasteiger partial charge is 0.326 e. The van der Waals surface area contributed by atoms with Gasteiger partial charge in [0.2, 0.25) is 0 Å². The Kier molecular flexibility index (Phi) is 8.87. The molecule has 0 aliphatic carbocycles. The number of benzene rings is 2. The molecule has 30 heavy (non-hydrogen) atoms.